The highest BCUT2D eigenvalue weighted by Gasteiger charge is 2.32. The van der Waals surface area contributed by atoms with Crippen LogP contribution in [0.1, 0.15) is 20.3 Å². The van der Waals surface area contributed by atoms with E-state index in [-0.39, 0.29) is 24.2 Å². The van der Waals surface area contributed by atoms with Crippen molar-refractivity contribution in [1.82, 2.24) is 10.2 Å². The van der Waals surface area contributed by atoms with Crippen LogP contribution >= 0.6 is 0 Å². The van der Waals surface area contributed by atoms with Gasteiger partial charge in [-0.1, -0.05) is 6.92 Å². The van der Waals surface area contributed by atoms with Gasteiger partial charge in [-0.2, -0.15) is 0 Å². The second-order valence-electron chi connectivity index (χ2n) is 4.80. The first-order valence-corrected chi connectivity index (χ1v) is 6.46. The van der Waals surface area contributed by atoms with E-state index in [1.54, 1.807) is 0 Å². The first kappa shape index (κ1) is 12.8. The standard InChI is InChI=1S/C12H22N2O3/c1-3-10-7-14(6-9(2)17-10)12(15)11-8-16-5-4-13-11/h9-11,13H,3-8H2,1-2H3/t9-,10+,11+/m0/s1. The van der Waals surface area contributed by atoms with E-state index in [2.05, 4.69) is 12.2 Å². The average molecular weight is 242 g/mol. The van der Waals surface area contributed by atoms with Crippen LogP contribution in [-0.4, -0.2) is 61.9 Å². The molecule has 3 atom stereocenters. The molecule has 0 saturated carbocycles. The summed E-state index contributed by atoms with van der Waals surface area (Å²) in [5, 5.41) is 3.21. The fraction of sp³-hybridized carbons (Fsp3) is 0.917. The fourth-order valence-electron chi connectivity index (χ4n) is 2.39. The van der Waals surface area contributed by atoms with Crippen LogP contribution in [0.25, 0.3) is 0 Å². The van der Waals surface area contributed by atoms with Gasteiger partial charge in [-0.05, 0) is 13.3 Å². The first-order chi connectivity index (χ1) is 8.20. The van der Waals surface area contributed by atoms with Gasteiger partial charge in [0.05, 0.1) is 25.4 Å². The van der Waals surface area contributed by atoms with Crippen LogP contribution < -0.4 is 5.32 Å². The van der Waals surface area contributed by atoms with Gasteiger partial charge in [0.25, 0.3) is 0 Å². The summed E-state index contributed by atoms with van der Waals surface area (Å²) in [6, 6.07) is -0.174. The lowest BCUT2D eigenvalue weighted by molar-refractivity contribution is -0.149. The minimum Gasteiger partial charge on any atom is -0.378 e. The van der Waals surface area contributed by atoms with Crippen molar-refractivity contribution in [2.75, 3.05) is 32.8 Å². The third-order valence-electron chi connectivity index (χ3n) is 3.31. The molecule has 1 amide bonds. The van der Waals surface area contributed by atoms with Crippen LogP contribution in [0.2, 0.25) is 0 Å². The van der Waals surface area contributed by atoms with Crippen molar-refractivity contribution in [3.05, 3.63) is 0 Å². The van der Waals surface area contributed by atoms with E-state index in [1.807, 2.05) is 11.8 Å². The topological polar surface area (TPSA) is 50.8 Å². The van der Waals surface area contributed by atoms with Crippen molar-refractivity contribution in [2.24, 2.45) is 0 Å². The Labute approximate surface area is 102 Å². The lowest BCUT2D eigenvalue weighted by atomic mass is 10.1. The fourth-order valence-corrected chi connectivity index (χ4v) is 2.39. The van der Waals surface area contributed by atoms with Gasteiger partial charge in [-0.15, -0.1) is 0 Å². The van der Waals surface area contributed by atoms with E-state index >= 15 is 0 Å². The molecule has 0 aliphatic carbocycles. The SMILES string of the molecule is CC[C@@H]1CN(C(=O)[C@H]2COCCN2)C[C@H](C)O1. The van der Waals surface area contributed by atoms with Gasteiger partial charge < -0.3 is 19.7 Å². The van der Waals surface area contributed by atoms with Gasteiger partial charge in [0.2, 0.25) is 5.91 Å². The molecular formula is C12H22N2O3. The van der Waals surface area contributed by atoms with E-state index < -0.39 is 0 Å². The number of carbonyl (C=O) groups excluding carboxylic acids is 1. The second kappa shape index (κ2) is 5.80. The number of nitrogens with one attached hydrogen (secondary N) is 1. The Morgan fingerprint density at radius 1 is 1.47 bits per heavy atom. The molecule has 0 aromatic rings. The number of nitrogens with zero attached hydrogens (tertiary/aromatic N) is 1. The molecule has 0 bridgehead atoms. The first-order valence-electron chi connectivity index (χ1n) is 6.46. The Bertz CT molecular complexity index is 266. The number of hydrogen-bond donors (Lipinski definition) is 1. The molecule has 5 heteroatoms. The predicted octanol–water partition coefficient (Wildman–Crippen LogP) is 0.000700. The molecule has 98 valence electrons. The second-order valence-corrected chi connectivity index (χ2v) is 4.80. The minimum absolute atomic E-state index is 0.127. The van der Waals surface area contributed by atoms with Crippen LogP contribution in [0.15, 0.2) is 0 Å². The molecule has 2 aliphatic rings. The van der Waals surface area contributed by atoms with Crippen molar-refractivity contribution < 1.29 is 14.3 Å². The molecule has 1 N–H and O–H groups in total. The lowest BCUT2D eigenvalue weighted by Gasteiger charge is -2.38. The molecule has 2 fully saturated rings. The molecule has 0 unspecified atom stereocenters. The van der Waals surface area contributed by atoms with Gasteiger partial charge in [-0.3, -0.25) is 4.79 Å². The molecule has 0 radical (unpaired) electrons. The number of rotatable bonds is 2. The molecule has 2 aliphatic heterocycles. The number of carbonyl (C=O) groups is 1. The zero-order valence-corrected chi connectivity index (χ0v) is 10.6. The number of ether oxygens (including phenoxy) is 2. The van der Waals surface area contributed by atoms with Crippen LogP contribution in [0.4, 0.5) is 0 Å². The summed E-state index contributed by atoms with van der Waals surface area (Å²) in [5.74, 6) is 0.151. The Morgan fingerprint density at radius 2 is 2.29 bits per heavy atom. The Balaban J connectivity index is 1.93. The van der Waals surface area contributed by atoms with Gasteiger partial charge >= 0.3 is 0 Å². The predicted molar refractivity (Wildman–Crippen MR) is 63.8 cm³/mol. The number of hydrogen-bond acceptors (Lipinski definition) is 4. The normalized spacial score (nSPS) is 34.7. The summed E-state index contributed by atoms with van der Waals surface area (Å²) >= 11 is 0. The van der Waals surface area contributed by atoms with Crippen LogP contribution in [-0.2, 0) is 14.3 Å². The molecule has 0 aromatic heterocycles. The van der Waals surface area contributed by atoms with Crippen molar-refractivity contribution >= 4 is 5.91 Å². The van der Waals surface area contributed by atoms with Gasteiger partial charge in [0.1, 0.15) is 6.04 Å². The van der Waals surface area contributed by atoms with Crippen molar-refractivity contribution in [3.8, 4) is 0 Å². The van der Waals surface area contributed by atoms with Gasteiger partial charge in [-0.25, -0.2) is 0 Å². The number of amides is 1. The van der Waals surface area contributed by atoms with Crippen LogP contribution in [0.3, 0.4) is 0 Å². The highest BCUT2D eigenvalue weighted by molar-refractivity contribution is 5.82. The summed E-state index contributed by atoms with van der Waals surface area (Å²) in [6.45, 7) is 7.45. The summed E-state index contributed by atoms with van der Waals surface area (Å²) in [7, 11) is 0. The van der Waals surface area contributed by atoms with E-state index in [0.29, 0.717) is 26.3 Å². The molecular weight excluding hydrogens is 220 g/mol. The van der Waals surface area contributed by atoms with E-state index in [0.717, 1.165) is 13.0 Å². The Kier molecular flexibility index (Phi) is 4.36. The molecule has 17 heavy (non-hydrogen) atoms. The van der Waals surface area contributed by atoms with Crippen LogP contribution in [0, 0.1) is 0 Å². The summed E-state index contributed by atoms with van der Waals surface area (Å²) in [6.07, 6.45) is 1.25. The molecule has 0 aromatic carbocycles. The zero-order valence-electron chi connectivity index (χ0n) is 10.6. The molecule has 0 spiro atoms. The maximum atomic E-state index is 12.3. The maximum absolute atomic E-state index is 12.3. The maximum Gasteiger partial charge on any atom is 0.242 e. The number of morpholine rings is 2. The Hall–Kier alpha value is -0.650. The molecule has 5 nitrogen and oxygen atoms in total. The van der Waals surface area contributed by atoms with E-state index in [1.165, 1.54) is 0 Å². The summed E-state index contributed by atoms with van der Waals surface area (Å²) in [5.41, 5.74) is 0. The minimum atomic E-state index is -0.174. The molecule has 2 heterocycles. The zero-order chi connectivity index (χ0) is 12.3. The van der Waals surface area contributed by atoms with E-state index in [9.17, 15) is 4.79 Å². The van der Waals surface area contributed by atoms with Crippen molar-refractivity contribution in [2.45, 2.75) is 38.5 Å². The summed E-state index contributed by atoms with van der Waals surface area (Å²) < 4.78 is 11.1. The molecule has 2 rings (SSSR count). The van der Waals surface area contributed by atoms with Crippen molar-refractivity contribution in [1.29, 1.82) is 0 Å². The quantitative estimate of drug-likeness (QED) is 0.740. The highest BCUT2D eigenvalue weighted by atomic mass is 16.5. The largest absolute Gasteiger partial charge is 0.378 e. The molecule has 2 saturated heterocycles. The average Bonchev–Trinajstić information content (AvgIpc) is 2.38. The van der Waals surface area contributed by atoms with Gasteiger partial charge in [0.15, 0.2) is 0 Å². The van der Waals surface area contributed by atoms with E-state index in [4.69, 9.17) is 9.47 Å². The monoisotopic (exact) mass is 242 g/mol. The third-order valence-corrected chi connectivity index (χ3v) is 3.31. The van der Waals surface area contributed by atoms with Crippen molar-refractivity contribution in [3.63, 3.8) is 0 Å². The Morgan fingerprint density at radius 3 is 2.94 bits per heavy atom. The summed E-state index contributed by atoms with van der Waals surface area (Å²) in [4.78, 5) is 14.2. The van der Waals surface area contributed by atoms with Gasteiger partial charge in [0, 0.05) is 19.6 Å². The third kappa shape index (κ3) is 3.18. The highest BCUT2D eigenvalue weighted by Crippen LogP contribution is 2.15. The lowest BCUT2D eigenvalue weighted by Crippen LogP contribution is -2.57. The smallest absolute Gasteiger partial charge is 0.242 e. The van der Waals surface area contributed by atoms with Crippen LogP contribution in [0.5, 0.6) is 0 Å².